The Balaban J connectivity index is 1.60. The highest BCUT2D eigenvalue weighted by Crippen LogP contribution is 2.29. The Labute approximate surface area is 260 Å². The summed E-state index contributed by atoms with van der Waals surface area (Å²) in [5, 5.41) is 5.33. The van der Waals surface area contributed by atoms with Crippen LogP contribution in [0.2, 0.25) is 20.1 Å². The number of nitrogens with zero attached hydrogens (tertiary/aromatic N) is 1. The van der Waals surface area contributed by atoms with Crippen LogP contribution in [0.4, 0.5) is 0 Å². The van der Waals surface area contributed by atoms with Crippen LogP contribution in [0.25, 0.3) is 0 Å². The minimum atomic E-state index is -0.715. The van der Waals surface area contributed by atoms with Crippen LogP contribution in [-0.2, 0) is 28.3 Å². The summed E-state index contributed by atoms with van der Waals surface area (Å²) >= 11 is 26.8. The lowest BCUT2D eigenvalue weighted by molar-refractivity contribution is -0.139. The number of amides is 2. The molecule has 0 aliphatic heterocycles. The number of hydrogen-bond acceptors (Lipinski definition) is 3. The van der Waals surface area contributed by atoms with Crippen molar-refractivity contribution in [1.29, 1.82) is 0 Å². The van der Waals surface area contributed by atoms with Crippen LogP contribution >= 0.6 is 58.2 Å². The summed E-state index contributed by atoms with van der Waals surface area (Å²) in [5.74, 6) is 0.305. The predicted octanol–water partition coefficient (Wildman–Crippen LogP) is 8.62. The van der Waals surface area contributed by atoms with E-state index in [2.05, 4.69) is 5.32 Å². The van der Waals surface area contributed by atoms with Crippen LogP contribution in [0.3, 0.4) is 0 Å². The summed E-state index contributed by atoms with van der Waals surface area (Å²) in [5.41, 5.74) is 2.48. The van der Waals surface area contributed by atoms with Gasteiger partial charge in [-0.05, 0) is 53.8 Å². The van der Waals surface area contributed by atoms with Crippen LogP contribution in [0.15, 0.2) is 66.7 Å². The average molecular weight is 638 g/mol. The second-order valence-electron chi connectivity index (χ2n) is 10.00. The van der Waals surface area contributed by atoms with E-state index in [0.29, 0.717) is 32.3 Å². The number of hydrogen-bond donors (Lipinski definition) is 1. The van der Waals surface area contributed by atoms with Crippen molar-refractivity contribution in [3.63, 3.8) is 0 Å². The quantitative estimate of drug-likeness (QED) is 0.229. The third-order valence-corrected chi connectivity index (χ3v) is 9.35. The lowest BCUT2D eigenvalue weighted by Crippen LogP contribution is -2.53. The Bertz CT molecular complexity index is 1280. The molecule has 0 bridgehead atoms. The number of carbonyl (C=O) groups excluding carboxylic acids is 2. The van der Waals surface area contributed by atoms with Gasteiger partial charge in [0.1, 0.15) is 6.04 Å². The Kier molecular flexibility index (Phi) is 11.9. The maximum absolute atomic E-state index is 13.9. The smallest absolute Gasteiger partial charge is 0.243 e. The van der Waals surface area contributed by atoms with E-state index in [-0.39, 0.29) is 30.2 Å². The van der Waals surface area contributed by atoms with Crippen molar-refractivity contribution in [3.8, 4) is 0 Å². The molecule has 1 N–H and O–H groups in total. The maximum atomic E-state index is 13.9. The van der Waals surface area contributed by atoms with E-state index < -0.39 is 6.04 Å². The van der Waals surface area contributed by atoms with Crippen LogP contribution in [0, 0.1) is 0 Å². The monoisotopic (exact) mass is 636 g/mol. The molecule has 212 valence electrons. The normalized spacial score (nSPS) is 14.5. The summed E-state index contributed by atoms with van der Waals surface area (Å²) in [6, 6.07) is 19.7. The largest absolute Gasteiger partial charge is 0.352 e. The van der Waals surface area contributed by atoms with E-state index in [9.17, 15) is 9.59 Å². The number of halogens is 4. The van der Waals surface area contributed by atoms with Crippen molar-refractivity contribution in [1.82, 2.24) is 10.2 Å². The predicted molar refractivity (Wildman–Crippen MR) is 169 cm³/mol. The van der Waals surface area contributed by atoms with Gasteiger partial charge < -0.3 is 10.2 Å². The highest BCUT2D eigenvalue weighted by Gasteiger charge is 2.32. The number of rotatable bonds is 11. The van der Waals surface area contributed by atoms with Crippen LogP contribution in [-0.4, -0.2) is 34.6 Å². The number of benzene rings is 3. The first-order valence-electron chi connectivity index (χ1n) is 13.4. The average Bonchev–Trinajstić information content (AvgIpc) is 2.94. The molecule has 2 amide bonds. The summed E-state index contributed by atoms with van der Waals surface area (Å²) in [7, 11) is 0. The van der Waals surface area contributed by atoms with Gasteiger partial charge >= 0.3 is 0 Å². The molecule has 4 nitrogen and oxygen atoms in total. The molecular weight excluding hydrogens is 606 g/mol. The highest BCUT2D eigenvalue weighted by atomic mass is 35.5. The van der Waals surface area contributed by atoms with E-state index in [1.165, 1.54) is 18.2 Å². The molecule has 1 fully saturated rings. The van der Waals surface area contributed by atoms with E-state index in [0.717, 1.165) is 42.4 Å². The molecule has 0 saturated heterocycles. The lowest BCUT2D eigenvalue weighted by Gasteiger charge is -2.33. The van der Waals surface area contributed by atoms with Gasteiger partial charge in [0.25, 0.3) is 0 Å². The van der Waals surface area contributed by atoms with Crippen molar-refractivity contribution in [2.45, 2.75) is 62.9 Å². The number of nitrogens with one attached hydrogen (secondary N) is 1. The molecular formula is C31H32Cl4N2O2S. The second-order valence-corrected chi connectivity index (χ2v) is 12.6. The van der Waals surface area contributed by atoms with E-state index in [1.54, 1.807) is 41.3 Å². The lowest BCUT2D eigenvalue weighted by atomic mass is 9.94. The van der Waals surface area contributed by atoms with E-state index in [4.69, 9.17) is 46.4 Å². The van der Waals surface area contributed by atoms with E-state index >= 15 is 0 Å². The Morgan fingerprint density at radius 2 is 1.57 bits per heavy atom. The van der Waals surface area contributed by atoms with Gasteiger partial charge in [-0.15, -0.1) is 11.8 Å². The molecule has 0 heterocycles. The SMILES string of the molecule is O=C(NC1CCCCC1)C(Cc1ccccc1)N(Cc1ccc(Cl)cc1Cl)C(=O)CSCc1c(Cl)cccc1Cl. The fraction of sp³-hybridized carbons (Fsp3) is 0.355. The number of thioether (sulfide) groups is 1. The zero-order chi connectivity index (χ0) is 28.5. The first-order valence-corrected chi connectivity index (χ1v) is 16.1. The minimum Gasteiger partial charge on any atom is -0.352 e. The molecule has 0 aromatic heterocycles. The fourth-order valence-electron chi connectivity index (χ4n) is 4.93. The van der Waals surface area contributed by atoms with E-state index in [1.807, 2.05) is 30.3 Å². The molecule has 1 aliphatic carbocycles. The second kappa shape index (κ2) is 15.4. The van der Waals surface area contributed by atoms with Gasteiger partial charge in [0.15, 0.2) is 0 Å². The highest BCUT2D eigenvalue weighted by molar-refractivity contribution is 7.99. The van der Waals surface area contributed by atoms with Crippen molar-refractivity contribution in [3.05, 3.63) is 104 Å². The van der Waals surface area contributed by atoms with Gasteiger partial charge in [-0.25, -0.2) is 0 Å². The van der Waals surface area contributed by atoms with Crippen LogP contribution in [0.1, 0.15) is 48.8 Å². The van der Waals surface area contributed by atoms with Gasteiger partial charge in [-0.3, -0.25) is 9.59 Å². The van der Waals surface area contributed by atoms with Gasteiger partial charge in [0, 0.05) is 44.9 Å². The molecule has 1 saturated carbocycles. The first kappa shape index (κ1) is 31.1. The molecule has 3 aromatic rings. The molecule has 1 unspecified atom stereocenters. The molecule has 1 atom stereocenters. The first-order chi connectivity index (χ1) is 19.3. The molecule has 40 heavy (non-hydrogen) atoms. The Morgan fingerprint density at radius 3 is 2.25 bits per heavy atom. The zero-order valence-electron chi connectivity index (χ0n) is 22.1. The Morgan fingerprint density at radius 1 is 0.875 bits per heavy atom. The van der Waals surface area contributed by atoms with Crippen LogP contribution in [0.5, 0.6) is 0 Å². The van der Waals surface area contributed by atoms with Crippen molar-refractivity contribution in [2.24, 2.45) is 0 Å². The minimum absolute atomic E-state index is 0.118. The van der Waals surface area contributed by atoms with Gasteiger partial charge in [0.05, 0.1) is 5.75 Å². The fourth-order valence-corrected chi connectivity index (χ4v) is 7.04. The Hall–Kier alpha value is -1.89. The maximum Gasteiger partial charge on any atom is 0.243 e. The zero-order valence-corrected chi connectivity index (χ0v) is 25.9. The third-order valence-electron chi connectivity index (χ3n) is 7.11. The van der Waals surface area contributed by atoms with Gasteiger partial charge in [-0.2, -0.15) is 0 Å². The van der Waals surface area contributed by atoms with Crippen LogP contribution < -0.4 is 5.32 Å². The molecule has 0 spiro atoms. The molecule has 3 aromatic carbocycles. The molecule has 9 heteroatoms. The topological polar surface area (TPSA) is 49.4 Å². The van der Waals surface area contributed by atoms with Crippen molar-refractivity contribution >= 4 is 70.0 Å². The van der Waals surface area contributed by atoms with Crippen molar-refractivity contribution < 1.29 is 9.59 Å². The summed E-state index contributed by atoms with van der Waals surface area (Å²) in [4.78, 5) is 29.4. The molecule has 4 rings (SSSR count). The third kappa shape index (κ3) is 8.80. The van der Waals surface area contributed by atoms with Gasteiger partial charge in [-0.1, -0.05) is 108 Å². The molecule has 0 radical (unpaired) electrons. The summed E-state index contributed by atoms with van der Waals surface area (Å²) in [6.07, 6.45) is 5.67. The standard InChI is InChI=1S/C31H32Cl4N2O2S/c32-23-15-14-22(28(35)17-23)18-37(30(38)20-40-19-25-26(33)12-7-13-27(25)34)29(16-21-8-3-1-4-9-21)31(39)36-24-10-5-2-6-11-24/h1,3-4,7-9,12-15,17,24,29H,2,5-6,10-11,16,18-20H2,(H,36,39). The number of carbonyl (C=O) groups is 2. The van der Waals surface area contributed by atoms with Gasteiger partial charge in [0.2, 0.25) is 11.8 Å². The van der Waals surface area contributed by atoms with Crippen molar-refractivity contribution in [2.75, 3.05) is 5.75 Å². The summed E-state index contributed by atoms with van der Waals surface area (Å²) < 4.78 is 0. The summed E-state index contributed by atoms with van der Waals surface area (Å²) in [6.45, 7) is 0.178. The molecule has 1 aliphatic rings.